The van der Waals surface area contributed by atoms with Gasteiger partial charge in [0.2, 0.25) is 0 Å². The fourth-order valence-electron chi connectivity index (χ4n) is 3.85. The molecule has 0 fully saturated rings. The molecule has 0 aliphatic heterocycles. The molecule has 8 heteroatoms. The predicted octanol–water partition coefficient (Wildman–Crippen LogP) is 5.02. The molecule has 1 amide bonds. The summed E-state index contributed by atoms with van der Waals surface area (Å²) in [6.07, 6.45) is 0.624. The largest absolute Gasteiger partial charge is 0.497 e. The summed E-state index contributed by atoms with van der Waals surface area (Å²) < 4.78 is 31.0. The summed E-state index contributed by atoms with van der Waals surface area (Å²) in [5, 5.41) is 4.67. The van der Waals surface area contributed by atoms with Gasteiger partial charge >= 0.3 is 0 Å². The van der Waals surface area contributed by atoms with Gasteiger partial charge in [-0.2, -0.15) is 5.10 Å². The van der Waals surface area contributed by atoms with Crippen molar-refractivity contribution < 1.29 is 23.4 Å². The summed E-state index contributed by atoms with van der Waals surface area (Å²) in [6.45, 7) is 0.473. The van der Waals surface area contributed by atoms with Crippen LogP contribution in [0.25, 0.3) is 16.9 Å². The van der Waals surface area contributed by atoms with Gasteiger partial charge in [0, 0.05) is 19.2 Å². The highest BCUT2D eigenvalue weighted by molar-refractivity contribution is 5.94. The number of hydrogen-bond acceptors (Lipinski definition) is 5. The Morgan fingerprint density at radius 2 is 1.58 bits per heavy atom. The van der Waals surface area contributed by atoms with Gasteiger partial charge in [-0.05, 0) is 78.7 Å². The van der Waals surface area contributed by atoms with Crippen LogP contribution in [0.5, 0.6) is 17.2 Å². The number of benzene rings is 3. The second kappa shape index (κ2) is 10.9. The zero-order valence-corrected chi connectivity index (χ0v) is 20.7. The Bertz CT molecular complexity index is 1330. The first-order valence-corrected chi connectivity index (χ1v) is 11.4. The first-order valence-electron chi connectivity index (χ1n) is 11.4. The average Bonchev–Trinajstić information content (AvgIpc) is 3.37. The minimum absolute atomic E-state index is 0.202. The first kappa shape index (κ1) is 24.8. The van der Waals surface area contributed by atoms with E-state index in [0.717, 1.165) is 16.9 Å². The number of nitrogens with zero attached hydrogens (tertiary/aromatic N) is 3. The number of halogens is 1. The number of methoxy groups -OCH3 is 3. The van der Waals surface area contributed by atoms with E-state index in [-0.39, 0.29) is 11.7 Å². The lowest BCUT2D eigenvalue weighted by Gasteiger charge is -2.18. The molecular formula is C28H28FN3O4. The van der Waals surface area contributed by atoms with Gasteiger partial charge in [-0.3, -0.25) is 4.79 Å². The molecule has 3 aromatic carbocycles. The Labute approximate surface area is 209 Å². The van der Waals surface area contributed by atoms with Crippen molar-refractivity contribution in [2.45, 2.75) is 6.42 Å². The Balaban J connectivity index is 1.61. The van der Waals surface area contributed by atoms with Crippen molar-refractivity contribution in [3.8, 4) is 34.2 Å². The van der Waals surface area contributed by atoms with Crippen molar-refractivity contribution in [3.63, 3.8) is 0 Å². The van der Waals surface area contributed by atoms with Gasteiger partial charge in [-0.15, -0.1) is 0 Å². The first-order chi connectivity index (χ1) is 17.4. The summed E-state index contributed by atoms with van der Waals surface area (Å²) in [5.41, 5.74) is 3.44. The van der Waals surface area contributed by atoms with Crippen molar-refractivity contribution in [2.24, 2.45) is 0 Å². The standard InChI is InChI=1S/C28H28FN3O4/c1-31(16-15-19-5-14-26(35-3)27(17-19)36-4)28(33)25-18-24(20-6-12-23(34-2)13-7-20)30-32(25)22-10-8-21(29)9-11-22/h5-14,17-18H,15-16H2,1-4H3. The van der Waals surface area contributed by atoms with E-state index in [1.807, 2.05) is 42.5 Å². The van der Waals surface area contributed by atoms with Gasteiger partial charge < -0.3 is 19.1 Å². The van der Waals surface area contributed by atoms with Crippen LogP contribution in [-0.4, -0.2) is 55.5 Å². The monoisotopic (exact) mass is 489 g/mol. The lowest BCUT2D eigenvalue weighted by Crippen LogP contribution is -2.30. The van der Waals surface area contributed by atoms with Crippen LogP contribution in [-0.2, 0) is 6.42 Å². The Kier molecular flexibility index (Phi) is 7.53. The van der Waals surface area contributed by atoms with Gasteiger partial charge in [0.15, 0.2) is 11.5 Å². The summed E-state index contributed by atoms with van der Waals surface area (Å²) in [6, 6.07) is 20.8. The number of carbonyl (C=O) groups is 1. The van der Waals surface area contributed by atoms with Crippen LogP contribution in [0.15, 0.2) is 72.8 Å². The maximum atomic E-state index is 13.6. The van der Waals surface area contributed by atoms with Gasteiger partial charge in [0.05, 0.1) is 32.7 Å². The Morgan fingerprint density at radius 3 is 2.22 bits per heavy atom. The van der Waals surface area contributed by atoms with Crippen LogP contribution in [0.2, 0.25) is 0 Å². The molecular weight excluding hydrogens is 461 g/mol. The smallest absolute Gasteiger partial charge is 0.272 e. The molecule has 0 bridgehead atoms. The van der Waals surface area contributed by atoms with Gasteiger partial charge in [-0.25, -0.2) is 9.07 Å². The van der Waals surface area contributed by atoms with Crippen molar-refractivity contribution >= 4 is 5.91 Å². The maximum Gasteiger partial charge on any atom is 0.272 e. The van der Waals surface area contributed by atoms with Crippen LogP contribution in [0, 0.1) is 5.82 Å². The number of amides is 1. The molecule has 1 aromatic heterocycles. The van der Waals surface area contributed by atoms with E-state index < -0.39 is 0 Å². The van der Waals surface area contributed by atoms with Crippen LogP contribution in [0.3, 0.4) is 0 Å². The van der Waals surface area contributed by atoms with Crippen LogP contribution >= 0.6 is 0 Å². The van der Waals surface area contributed by atoms with Crippen molar-refractivity contribution in [1.82, 2.24) is 14.7 Å². The number of ether oxygens (including phenoxy) is 3. The SMILES string of the molecule is COc1ccc(-c2cc(C(=O)N(C)CCc3ccc(OC)c(OC)c3)n(-c3ccc(F)cc3)n2)cc1. The summed E-state index contributed by atoms with van der Waals surface area (Å²) in [4.78, 5) is 15.2. The van der Waals surface area contributed by atoms with Gasteiger partial charge in [0.25, 0.3) is 5.91 Å². The van der Waals surface area contributed by atoms with E-state index in [4.69, 9.17) is 14.2 Å². The molecule has 7 nitrogen and oxygen atoms in total. The molecule has 0 spiro atoms. The molecule has 186 valence electrons. The second-order valence-corrected chi connectivity index (χ2v) is 8.20. The van der Waals surface area contributed by atoms with Crippen molar-refractivity contribution in [1.29, 1.82) is 0 Å². The third-order valence-electron chi connectivity index (χ3n) is 5.92. The molecule has 0 saturated heterocycles. The van der Waals surface area contributed by atoms with E-state index in [1.54, 1.807) is 56.2 Å². The summed E-state index contributed by atoms with van der Waals surface area (Å²) >= 11 is 0. The topological polar surface area (TPSA) is 65.8 Å². The second-order valence-electron chi connectivity index (χ2n) is 8.20. The molecule has 0 aliphatic carbocycles. The number of aromatic nitrogens is 2. The van der Waals surface area contributed by atoms with Crippen LogP contribution in [0.4, 0.5) is 4.39 Å². The lowest BCUT2D eigenvalue weighted by atomic mass is 10.1. The minimum atomic E-state index is -0.360. The van der Waals surface area contributed by atoms with Crippen LogP contribution in [0.1, 0.15) is 16.1 Å². The number of likely N-dealkylation sites (N-methyl/N-ethyl adjacent to an activating group) is 1. The number of rotatable bonds is 9. The van der Waals surface area contributed by atoms with E-state index in [9.17, 15) is 9.18 Å². The van der Waals surface area contributed by atoms with Crippen LogP contribution < -0.4 is 14.2 Å². The third-order valence-corrected chi connectivity index (χ3v) is 5.92. The third kappa shape index (κ3) is 5.33. The Morgan fingerprint density at radius 1 is 0.889 bits per heavy atom. The highest BCUT2D eigenvalue weighted by atomic mass is 19.1. The molecule has 36 heavy (non-hydrogen) atoms. The molecule has 4 rings (SSSR count). The maximum absolute atomic E-state index is 13.6. The normalized spacial score (nSPS) is 10.7. The molecule has 0 atom stereocenters. The predicted molar refractivity (Wildman–Crippen MR) is 136 cm³/mol. The number of hydrogen-bond donors (Lipinski definition) is 0. The molecule has 0 saturated carbocycles. The minimum Gasteiger partial charge on any atom is -0.497 e. The van der Waals surface area contributed by atoms with E-state index in [0.29, 0.717) is 41.5 Å². The molecule has 0 aliphatic rings. The molecule has 0 radical (unpaired) electrons. The highest BCUT2D eigenvalue weighted by Gasteiger charge is 2.21. The van der Waals surface area contributed by atoms with E-state index in [2.05, 4.69) is 5.10 Å². The average molecular weight is 490 g/mol. The molecule has 4 aromatic rings. The van der Waals surface area contributed by atoms with Gasteiger partial charge in [-0.1, -0.05) is 6.07 Å². The molecule has 0 N–H and O–H groups in total. The Hall–Kier alpha value is -4.33. The molecule has 1 heterocycles. The fourth-order valence-corrected chi connectivity index (χ4v) is 3.85. The highest BCUT2D eigenvalue weighted by Crippen LogP contribution is 2.28. The van der Waals surface area contributed by atoms with E-state index >= 15 is 0 Å². The summed E-state index contributed by atoms with van der Waals surface area (Å²) in [5.74, 6) is 1.46. The van der Waals surface area contributed by atoms with Crippen molar-refractivity contribution in [2.75, 3.05) is 34.9 Å². The number of carbonyl (C=O) groups excluding carboxylic acids is 1. The fraction of sp³-hybridized carbons (Fsp3) is 0.214. The molecule has 0 unspecified atom stereocenters. The quantitative estimate of drug-likeness (QED) is 0.330. The van der Waals surface area contributed by atoms with Crippen molar-refractivity contribution in [3.05, 3.63) is 89.9 Å². The lowest BCUT2D eigenvalue weighted by molar-refractivity contribution is 0.0787. The zero-order valence-electron chi connectivity index (χ0n) is 20.7. The summed E-state index contributed by atoms with van der Waals surface area (Å²) in [7, 11) is 6.54. The zero-order chi connectivity index (χ0) is 25.7. The van der Waals surface area contributed by atoms with E-state index in [1.165, 1.54) is 12.1 Å². The van der Waals surface area contributed by atoms with Gasteiger partial charge in [0.1, 0.15) is 17.3 Å².